The number of rotatable bonds is 9. The normalized spacial score (nSPS) is 11.3. The lowest BCUT2D eigenvalue weighted by Crippen LogP contribution is -2.37. The van der Waals surface area contributed by atoms with Gasteiger partial charge in [-0.1, -0.05) is 24.3 Å². The summed E-state index contributed by atoms with van der Waals surface area (Å²) in [6, 6.07) is 14.1. The summed E-state index contributed by atoms with van der Waals surface area (Å²) in [5, 5.41) is 9.56. The van der Waals surface area contributed by atoms with E-state index in [1.807, 2.05) is 50.2 Å². The number of hydrogen-bond acceptors (Lipinski definition) is 4. The predicted octanol–water partition coefficient (Wildman–Crippen LogP) is 2.41. The molecule has 0 atom stereocenters. The van der Waals surface area contributed by atoms with Gasteiger partial charge in [0.15, 0.2) is 5.96 Å². The van der Waals surface area contributed by atoms with E-state index >= 15 is 0 Å². The second kappa shape index (κ2) is 11.8. The predicted molar refractivity (Wildman–Crippen MR) is 123 cm³/mol. The maximum Gasteiger partial charge on any atom is 0.238 e. The molecule has 0 saturated carbocycles. The molecule has 7 nitrogen and oxygen atoms in total. The fraction of sp³-hybridized carbons (Fsp3) is 0.391. The molecule has 0 aromatic heterocycles. The first-order chi connectivity index (χ1) is 14.4. The van der Waals surface area contributed by atoms with Crippen LogP contribution in [0.3, 0.4) is 0 Å². The van der Waals surface area contributed by atoms with Gasteiger partial charge in [-0.2, -0.15) is 0 Å². The van der Waals surface area contributed by atoms with Crippen molar-refractivity contribution in [3.63, 3.8) is 0 Å². The highest BCUT2D eigenvalue weighted by molar-refractivity contribution is 5.92. The molecular weight excluding hydrogens is 378 g/mol. The molecule has 0 heterocycles. The Balaban J connectivity index is 1.82. The van der Waals surface area contributed by atoms with E-state index in [0.717, 1.165) is 41.5 Å². The summed E-state index contributed by atoms with van der Waals surface area (Å²) < 4.78 is 5.39. The molecular formula is C23H33N5O2. The zero-order chi connectivity index (χ0) is 21.9. The third-order valence-corrected chi connectivity index (χ3v) is 4.53. The molecule has 0 bridgehead atoms. The Morgan fingerprint density at radius 2 is 1.90 bits per heavy atom. The molecule has 0 fully saturated rings. The highest BCUT2D eigenvalue weighted by Gasteiger charge is 2.05. The molecule has 3 N–H and O–H groups in total. The number of ether oxygens (including phenoxy) is 1. The standard InChI is InChI=1S/C23H33N5O2/c1-17-9-10-18(14-21(17)30-5)11-12-25-23(24-2)26-15-19-7-6-8-20(13-19)27-22(29)16-28(3)4/h6-10,13-14H,11-12,15-16H2,1-5H3,(H,27,29)(H2,24,25,26). The van der Waals surface area contributed by atoms with Gasteiger partial charge in [-0.3, -0.25) is 9.79 Å². The average Bonchev–Trinajstić information content (AvgIpc) is 2.71. The number of hydrogen-bond donors (Lipinski definition) is 3. The Morgan fingerprint density at radius 3 is 2.60 bits per heavy atom. The van der Waals surface area contributed by atoms with Crippen molar-refractivity contribution < 1.29 is 9.53 Å². The highest BCUT2D eigenvalue weighted by Crippen LogP contribution is 2.19. The molecule has 0 aliphatic heterocycles. The molecule has 0 aliphatic carbocycles. The quantitative estimate of drug-likeness (QED) is 0.436. The summed E-state index contributed by atoms with van der Waals surface area (Å²) in [6.45, 7) is 3.75. The van der Waals surface area contributed by atoms with Crippen LogP contribution in [-0.4, -0.2) is 58.1 Å². The third-order valence-electron chi connectivity index (χ3n) is 4.53. The van der Waals surface area contributed by atoms with Crippen LogP contribution < -0.4 is 20.7 Å². The lowest BCUT2D eigenvalue weighted by molar-refractivity contribution is -0.116. The van der Waals surface area contributed by atoms with Crippen LogP contribution in [0, 0.1) is 6.92 Å². The number of likely N-dealkylation sites (N-methyl/N-ethyl adjacent to an activating group) is 1. The second-order valence-electron chi connectivity index (χ2n) is 7.39. The number of nitrogens with one attached hydrogen (secondary N) is 3. The molecule has 2 aromatic carbocycles. The van der Waals surface area contributed by atoms with E-state index < -0.39 is 0 Å². The molecule has 0 unspecified atom stereocenters. The number of carbonyl (C=O) groups excluding carboxylic acids is 1. The number of amides is 1. The molecule has 0 saturated heterocycles. The van der Waals surface area contributed by atoms with Crippen molar-refractivity contribution in [2.24, 2.45) is 4.99 Å². The SMILES string of the molecule is CN=C(NCCc1ccc(C)c(OC)c1)NCc1cccc(NC(=O)CN(C)C)c1. The Kier molecular flexibility index (Phi) is 9.15. The Hall–Kier alpha value is -3.06. The van der Waals surface area contributed by atoms with Crippen LogP contribution in [0.15, 0.2) is 47.5 Å². The topological polar surface area (TPSA) is 78.0 Å². The number of aliphatic imine (C=N–C) groups is 1. The average molecular weight is 412 g/mol. The van der Waals surface area contributed by atoms with Crippen molar-refractivity contribution >= 4 is 17.6 Å². The minimum Gasteiger partial charge on any atom is -0.496 e. The van der Waals surface area contributed by atoms with Gasteiger partial charge in [0, 0.05) is 25.8 Å². The van der Waals surface area contributed by atoms with Gasteiger partial charge in [0.05, 0.1) is 13.7 Å². The molecule has 0 spiro atoms. The van der Waals surface area contributed by atoms with Crippen LogP contribution in [0.1, 0.15) is 16.7 Å². The minimum absolute atomic E-state index is 0.0321. The molecule has 1 amide bonds. The Labute approximate surface area is 179 Å². The minimum atomic E-state index is -0.0321. The fourth-order valence-corrected chi connectivity index (χ4v) is 3.00. The van der Waals surface area contributed by atoms with Crippen molar-refractivity contribution in [2.45, 2.75) is 19.9 Å². The number of guanidine groups is 1. The summed E-state index contributed by atoms with van der Waals surface area (Å²) in [6.07, 6.45) is 0.866. The van der Waals surface area contributed by atoms with Gasteiger partial charge in [0.1, 0.15) is 5.75 Å². The lowest BCUT2D eigenvalue weighted by Gasteiger charge is -2.14. The first-order valence-corrected chi connectivity index (χ1v) is 10.0. The summed E-state index contributed by atoms with van der Waals surface area (Å²) >= 11 is 0. The molecule has 2 rings (SSSR count). The van der Waals surface area contributed by atoms with E-state index in [-0.39, 0.29) is 5.91 Å². The molecule has 0 aliphatic rings. The number of nitrogens with zero attached hydrogens (tertiary/aromatic N) is 2. The van der Waals surface area contributed by atoms with Gasteiger partial charge >= 0.3 is 0 Å². The van der Waals surface area contributed by atoms with Crippen LogP contribution in [0.25, 0.3) is 0 Å². The maximum absolute atomic E-state index is 11.9. The van der Waals surface area contributed by atoms with Crippen LogP contribution in [-0.2, 0) is 17.8 Å². The number of carbonyl (C=O) groups is 1. The molecule has 30 heavy (non-hydrogen) atoms. The molecule has 2 aromatic rings. The first-order valence-electron chi connectivity index (χ1n) is 10.0. The van der Waals surface area contributed by atoms with Crippen molar-refractivity contribution in [3.05, 3.63) is 59.2 Å². The van der Waals surface area contributed by atoms with Crippen LogP contribution in [0.5, 0.6) is 5.75 Å². The lowest BCUT2D eigenvalue weighted by atomic mass is 10.1. The highest BCUT2D eigenvalue weighted by atomic mass is 16.5. The van der Waals surface area contributed by atoms with Crippen molar-refractivity contribution in [1.29, 1.82) is 0 Å². The van der Waals surface area contributed by atoms with Crippen LogP contribution >= 0.6 is 0 Å². The van der Waals surface area contributed by atoms with E-state index in [2.05, 4.69) is 39.1 Å². The van der Waals surface area contributed by atoms with Gasteiger partial charge in [-0.05, 0) is 62.3 Å². The third kappa shape index (κ3) is 7.75. The number of benzene rings is 2. The zero-order valence-electron chi connectivity index (χ0n) is 18.6. The van der Waals surface area contributed by atoms with Gasteiger partial charge in [0.2, 0.25) is 5.91 Å². The Bertz CT molecular complexity index is 864. The Morgan fingerprint density at radius 1 is 1.10 bits per heavy atom. The summed E-state index contributed by atoms with van der Waals surface area (Å²) in [5.41, 5.74) is 4.19. The number of aryl methyl sites for hydroxylation is 1. The smallest absolute Gasteiger partial charge is 0.238 e. The van der Waals surface area contributed by atoms with Gasteiger partial charge in [-0.15, -0.1) is 0 Å². The van der Waals surface area contributed by atoms with E-state index in [4.69, 9.17) is 4.74 Å². The van der Waals surface area contributed by atoms with Gasteiger partial charge in [0.25, 0.3) is 0 Å². The number of methoxy groups -OCH3 is 1. The first kappa shape index (κ1) is 23.2. The van der Waals surface area contributed by atoms with E-state index in [9.17, 15) is 4.79 Å². The van der Waals surface area contributed by atoms with Crippen molar-refractivity contribution in [2.75, 3.05) is 46.7 Å². The monoisotopic (exact) mass is 411 g/mol. The number of anilines is 1. The van der Waals surface area contributed by atoms with Gasteiger partial charge in [-0.25, -0.2) is 0 Å². The fourth-order valence-electron chi connectivity index (χ4n) is 3.00. The summed E-state index contributed by atoms with van der Waals surface area (Å²) in [7, 11) is 7.18. The van der Waals surface area contributed by atoms with Gasteiger partial charge < -0.3 is 25.6 Å². The summed E-state index contributed by atoms with van der Waals surface area (Å²) in [4.78, 5) is 18.1. The van der Waals surface area contributed by atoms with E-state index in [1.54, 1.807) is 14.2 Å². The van der Waals surface area contributed by atoms with Crippen LogP contribution in [0.2, 0.25) is 0 Å². The van der Waals surface area contributed by atoms with E-state index in [0.29, 0.717) is 13.1 Å². The second-order valence-corrected chi connectivity index (χ2v) is 7.39. The molecule has 0 radical (unpaired) electrons. The zero-order valence-corrected chi connectivity index (χ0v) is 18.6. The van der Waals surface area contributed by atoms with Crippen LogP contribution in [0.4, 0.5) is 5.69 Å². The van der Waals surface area contributed by atoms with Crippen molar-refractivity contribution in [1.82, 2.24) is 15.5 Å². The maximum atomic E-state index is 11.9. The molecule has 162 valence electrons. The van der Waals surface area contributed by atoms with E-state index in [1.165, 1.54) is 5.56 Å². The molecule has 7 heteroatoms. The summed E-state index contributed by atoms with van der Waals surface area (Å²) in [5.74, 6) is 1.61. The largest absolute Gasteiger partial charge is 0.496 e. The van der Waals surface area contributed by atoms with Crippen molar-refractivity contribution in [3.8, 4) is 5.75 Å².